The van der Waals surface area contributed by atoms with Crippen LogP contribution >= 0.6 is 0 Å². The smallest absolute Gasteiger partial charge is 0.330 e. The first-order chi connectivity index (χ1) is 7.55. The van der Waals surface area contributed by atoms with Crippen LogP contribution in [-0.2, 0) is 14.3 Å². The van der Waals surface area contributed by atoms with Gasteiger partial charge in [0, 0.05) is 6.08 Å². The van der Waals surface area contributed by atoms with Gasteiger partial charge in [0.15, 0.2) is 0 Å². The summed E-state index contributed by atoms with van der Waals surface area (Å²) in [6.45, 7) is 9.14. The summed E-state index contributed by atoms with van der Waals surface area (Å²) in [7, 11) is 0. The van der Waals surface area contributed by atoms with Gasteiger partial charge < -0.3 is 9.84 Å². The molecule has 2 atom stereocenters. The summed E-state index contributed by atoms with van der Waals surface area (Å²) in [6, 6.07) is 0. The second-order valence-corrected chi connectivity index (χ2v) is 6.06. The summed E-state index contributed by atoms with van der Waals surface area (Å²) < 4.78 is 5.11. The molecular formula is C13H20O4. The Morgan fingerprint density at radius 1 is 1.29 bits per heavy atom. The number of hydrogen-bond acceptors (Lipinski definition) is 3. The van der Waals surface area contributed by atoms with E-state index in [9.17, 15) is 9.59 Å². The lowest BCUT2D eigenvalue weighted by molar-refractivity contribution is -0.148. The van der Waals surface area contributed by atoms with Crippen LogP contribution in [0.4, 0.5) is 0 Å². The highest BCUT2D eigenvalue weighted by Gasteiger charge is 2.60. The summed E-state index contributed by atoms with van der Waals surface area (Å²) in [5.74, 6) is -1.73. The molecule has 2 unspecified atom stereocenters. The molecule has 1 aliphatic carbocycles. The largest absolute Gasteiger partial charge is 0.481 e. The van der Waals surface area contributed by atoms with E-state index in [1.807, 2.05) is 13.8 Å². The van der Waals surface area contributed by atoms with Gasteiger partial charge in [0.25, 0.3) is 0 Å². The quantitative estimate of drug-likeness (QED) is 0.607. The standard InChI is InChI=1S/C13H20O4/c1-12(2,3)17-9(14)7-6-8-10(11(15)16)13(8,4)5/h6-8,10H,1-5H3,(H,15,16)/b7-6-. The normalized spacial score (nSPS) is 26.9. The molecule has 0 aliphatic heterocycles. The van der Waals surface area contributed by atoms with Crippen molar-refractivity contribution in [2.45, 2.75) is 40.2 Å². The molecule has 0 saturated heterocycles. The van der Waals surface area contributed by atoms with Crippen LogP contribution in [0.3, 0.4) is 0 Å². The van der Waals surface area contributed by atoms with Crippen LogP contribution in [0.2, 0.25) is 0 Å². The first kappa shape index (κ1) is 13.7. The third-order valence-electron chi connectivity index (χ3n) is 3.02. The summed E-state index contributed by atoms with van der Waals surface area (Å²) in [4.78, 5) is 22.3. The molecule has 4 heteroatoms. The van der Waals surface area contributed by atoms with E-state index >= 15 is 0 Å². The molecule has 0 radical (unpaired) electrons. The number of carboxylic acids is 1. The number of carbonyl (C=O) groups excluding carboxylic acids is 1. The molecule has 1 fully saturated rings. The number of carbonyl (C=O) groups is 2. The van der Waals surface area contributed by atoms with Gasteiger partial charge >= 0.3 is 11.9 Å². The number of allylic oxidation sites excluding steroid dienone is 1. The van der Waals surface area contributed by atoms with Gasteiger partial charge in [-0.3, -0.25) is 4.79 Å². The Morgan fingerprint density at radius 2 is 1.82 bits per heavy atom. The third-order valence-corrected chi connectivity index (χ3v) is 3.02. The average Bonchev–Trinajstić information content (AvgIpc) is 2.61. The van der Waals surface area contributed by atoms with Gasteiger partial charge in [0.05, 0.1) is 5.92 Å². The second kappa shape index (κ2) is 4.17. The van der Waals surface area contributed by atoms with Crippen LogP contribution in [0, 0.1) is 17.3 Å². The minimum atomic E-state index is -0.811. The van der Waals surface area contributed by atoms with Gasteiger partial charge in [-0.15, -0.1) is 0 Å². The Hall–Kier alpha value is -1.32. The van der Waals surface area contributed by atoms with Crippen molar-refractivity contribution in [3.63, 3.8) is 0 Å². The number of esters is 1. The Morgan fingerprint density at radius 3 is 2.18 bits per heavy atom. The molecule has 0 aromatic heterocycles. The number of rotatable bonds is 3. The van der Waals surface area contributed by atoms with Crippen molar-refractivity contribution in [3.8, 4) is 0 Å². The Bertz CT molecular complexity index is 360. The Balaban J connectivity index is 2.57. The molecule has 4 nitrogen and oxygen atoms in total. The van der Waals surface area contributed by atoms with Gasteiger partial charge in [0.2, 0.25) is 0 Å². The fraction of sp³-hybridized carbons (Fsp3) is 0.692. The predicted molar refractivity (Wildman–Crippen MR) is 63.4 cm³/mol. The van der Waals surface area contributed by atoms with Crippen LogP contribution in [0.1, 0.15) is 34.6 Å². The van der Waals surface area contributed by atoms with Crippen molar-refractivity contribution in [2.24, 2.45) is 17.3 Å². The molecule has 0 heterocycles. The lowest BCUT2D eigenvalue weighted by Gasteiger charge is -2.17. The summed E-state index contributed by atoms with van der Waals surface area (Å²) in [5.41, 5.74) is -0.795. The lowest BCUT2D eigenvalue weighted by atomic mass is 10.1. The van der Waals surface area contributed by atoms with Crippen molar-refractivity contribution in [3.05, 3.63) is 12.2 Å². The van der Waals surface area contributed by atoms with E-state index in [-0.39, 0.29) is 11.3 Å². The molecule has 0 spiro atoms. The SMILES string of the molecule is CC(C)(C)OC(=O)/C=C\C1C(C(=O)O)C1(C)C. The highest BCUT2D eigenvalue weighted by Crippen LogP contribution is 2.59. The monoisotopic (exact) mass is 240 g/mol. The molecule has 1 rings (SSSR count). The van der Waals surface area contributed by atoms with Crippen molar-refractivity contribution >= 4 is 11.9 Å². The van der Waals surface area contributed by atoms with Gasteiger partial charge in [-0.05, 0) is 32.1 Å². The van der Waals surface area contributed by atoms with E-state index in [1.54, 1.807) is 26.8 Å². The fourth-order valence-electron chi connectivity index (χ4n) is 2.03. The maximum Gasteiger partial charge on any atom is 0.330 e. The molecule has 96 valence electrons. The zero-order valence-corrected chi connectivity index (χ0v) is 11.0. The van der Waals surface area contributed by atoms with E-state index in [2.05, 4.69) is 0 Å². The van der Waals surface area contributed by atoms with E-state index in [0.717, 1.165) is 0 Å². The van der Waals surface area contributed by atoms with Crippen LogP contribution in [0.5, 0.6) is 0 Å². The predicted octanol–water partition coefficient (Wildman–Crippen LogP) is 2.24. The molecule has 1 saturated carbocycles. The summed E-state index contributed by atoms with van der Waals surface area (Å²) in [6.07, 6.45) is 2.98. The Kier molecular flexibility index (Phi) is 3.37. The molecule has 0 aromatic rings. The number of hydrogen-bond donors (Lipinski definition) is 1. The van der Waals surface area contributed by atoms with E-state index in [1.165, 1.54) is 6.08 Å². The van der Waals surface area contributed by atoms with Gasteiger partial charge in [-0.2, -0.15) is 0 Å². The lowest BCUT2D eigenvalue weighted by Crippen LogP contribution is -2.22. The van der Waals surface area contributed by atoms with Crippen molar-refractivity contribution in [1.29, 1.82) is 0 Å². The summed E-state index contributed by atoms with van der Waals surface area (Å²) >= 11 is 0. The van der Waals surface area contributed by atoms with Crippen LogP contribution in [0.15, 0.2) is 12.2 Å². The maximum atomic E-state index is 11.4. The molecule has 0 amide bonds. The highest BCUT2D eigenvalue weighted by atomic mass is 16.6. The molecule has 17 heavy (non-hydrogen) atoms. The minimum absolute atomic E-state index is 0.0903. The van der Waals surface area contributed by atoms with Crippen molar-refractivity contribution in [1.82, 2.24) is 0 Å². The van der Waals surface area contributed by atoms with E-state index in [4.69, 9.17) is 9.84 Å². The van der Waals surface area contributed by atoms with E-state index in [0.29, 0.717) is 0 Å². The van der Waals surface area contributed by atoms with Gasteiger partial charge in [-0.1, -0.05) is 19.9 Å². The zero-order chi connectivity index (χ0) is 13.4. The fourth-order valence-corrected chi connectivity index (χ4v) is 2.03. The second-order valence-electron chi connectivity index (χ2n) is 6.06. The average molecular weight is 240 g/mol. The first-order valence-electron chi connectivity index (χ1n) is 5.69. The van der Waals surface area contributed by atoms with Crippen LogP contribution < -0.4 is 0 Å². The summed E-state index contributed by atoms with van der Waals surface area (Å²) in [5, 5.41) is 8.96. The van der Waals surface area contributed by atoms with Crippen LogP contribution in [0.25, 0.3) is 0 Å². The van der Waals surface area contributed by atoms with Gasteiger partial charge in [-0.25, -0.2) is 4.79 Å². The molecule has 0 aromatic carbocycles. The molecule has 0 bridgehead atoms. The topological polar surface area (TPSA) is 63.6 Å². The molecule has 1 N–H and O–H groups in total. The van der Waals surface area contributed by atoms with E-state index < -0.39 is 23.5 Å². The first-order valence-corrected chi connectivity index (χ1v) is 5.69. The number of ether oxygens (including phenoxy) is 1. The third kappa shape index (κ3) is 3.32. The highest BCUT2D eigenvalue weighted by molar-refractivity contribution is 5.83. The Labute approximate surface area is 102 Å². The molecule has 1 aliphatic rings. The number of carboxylic acid groups (broad SMARTS) is 1. The number of aliphatic carboxylic acids is 1. The minimum Gasteiger partial charge on any atom is -0.481 e. The van der Waals surface area contributed by atoms with Crippen molar-refractivity contribution < 1.29 is 19.4 Å². The van der Waals surface area contributed by atoms with Crippen molar-refractivity contribution in [2.75, 3.05) is 0 Å². The zero-order valence-electron chi connectivity index (χ0n) is 11.0. The maximum absolute atomic E-state index is 11.4. The van der Waals surface area contributed by atoms with Gasteiger partial charge in [0.1, 0.15) is 5.60 Å². The molecular weight excluding hydrogens is 220 g/mol. The van der Waals surface area contributed by atoms with Crippen LogP contribution in [-0.4, -0.2) is 22.6 Å².